The van der Waals surface area contributed by atoms with Gasteiger partial charge in [0.05, 0.1) is 7.11 Å². The molecule has 2 fully saturated rings. The molecule has 0 saturated carbocycles. The quantitative estimate of drug-likeness (QED) is 0.912. The van der Waals surface area contributed by atoms with E-state index in [2.05, 4.69) is 21.3 Å². The molecule has 2 aliphatic heterocycles. The molecule has 3 heterocycles. The zero-order valence-corrected chi connectivity index (χ0v) is 12.3. The molecular weight excluding hydrogens is 250 g/mol. The minimum absolute atomic E-state index is 0.770. The number of methoxy groups -OCH3 is 1. The van der Waals surface area contributed by atoms with Crippen molar-refractivity contribution in [2.45, 2.75) is 38.3 Å². The highest BCUT2D eigenvalue weighted by Gasteiger charge is 2.28. The molecule has 1 N–H and O–H groups in total. The van der Waals surface area contributed by atoms with Crippen molar-refractivity contribution in [3.8, 4) is 5.88 Å². The van der Waals surface area contributed by atoms with E-state index in [9.17, 15) is 0 Å². The molecule has 2 aliphatic rings. The average Bonchev–Trinajstić information content (AvgIpc) is 3.03. The van der Waals surface area contributed by atoms with Crippen molar-refractivity contribution in [2.75, 3.05) is 26.7 Å². The molecule has 1 unspecified atom stereocenters. The first-order valence-corrected chi connectivity index (χ1v) is 7.80. The Morgan fingerprint density at radius 1 is 1.35 bits per heavy atom. The van der Waals surface area contributed by atoms with E-state index in [0.717, 1.165) is 24.4 Å². The Balaban J connectivity index is 1.53. The topological polar surface area (TPSA) is 37.4 Å². The number of aromatic nitrogens is 1. The molecule has 20 heavy (non-hydrogen) atoms. The van der Waals surface area contributed by atoms with E-state index in [1.54, 1.807) is 13.3 Å². The Bertz CT molecular complexity index is 423. The maximum atomic E-state index is 5.34. The fourth-order valence-electron chi connectivity index (χ4n) is 3.60. The number of piperidine rings is 1. The van der Waals surface area contributed by atoms with Crippen LogP contribution in [0.25, 0.3) is 0 Å². The van der Waals surface area contributed by atoms with E-state index in [1.807, 2.05) is 6.07 Å². The van der Waals surface area contributed by atoms with Crippen LogP contribution in [0.5, 0.6) is 5.88 Å². The molecule has 0 bridgehead atoms. The van der Waals surface area contributed by atoms with Gasteiger partial charge < -0.3 is 10.1 Å². The summed E-state index contributed by atoms with van der Waals surface area (Å²) in [6, 6.07) is 4.90. The zero-order chi connectivity index (χ0) is 13.8. The monoisotopic (exact) mass is 275 g/mol. The van der Waals surface area contributed by atoms with Crippen LogP contribution in [0, 0.1) is 5.92 Å². The van der Waals surface area contributed by atoms with Crippen molar-refractivity contribution in [3.05, 3.63) is 23.9 Å². The normalized spacial score (nSPS) is 24.9. The predicted molar refractivity (Wildman–Crippen MR) is 79.8 cm³/mol. The van der Waals surface area contributed by atoms with Crippen molar-refractivity contribution in [1.82, 2.24) is 15.2 Å². The van der Waals surface area contributed by atoms with E-state index in [0.29, 0.717) is 0 Å². The molecule has 0 spiro atoms. The van der Waals surface area contributed by atoms with Crippen molar-refractivity contribution in [1.29, 1.82) is 0 Å². The number of ether oxygens (including phenoxy) is 1. The third kappa shape index (κ3) is 3.13. The van der Waals surface area contributed by atoms with Gasteiger partial charge in [-0.1, -0.05) is 6.07 Å². The van der Waals surface area contributed by atoms with Crippen LogP contribution < -0.4 is 10.1 Å². The van der Waals surface area contributed by atoms with Crippen LogP contribution in [0.1, 0.15) is 31.2 Å². The van der Waals surface area contributed by atoms with Gasteiger partial charge in [-0.15, -0.1) is 0 Å². The fourth-order valence-corrected chi connectivity index (χ4v) is 3.60. The smallest absolute Gasteiger partial charge is 0.217 e. The van der Waals surface area contributed by atoms with E-state index in [1.165, 1.54) is 50.9 Å². The largest absolute Gasteiger partial charge is 0.481 e. The Hall–Kier alpha value is -1.13. The Morgan fingerprint density at radius 2 is 2.20 bits per heavy atom. The summed E-state index contributed by atoms with van der Waals surface area (Å²) in [5.41, 5.74) is 1.20. The van der Waals surface area contributed by atoms with Gasteiger partial charge in [0.15, 0.2) is 0 Å². The number of nitrogens with zero attached hydrogens (tertiary/aromatic N) is 2. The Labute approximate surface area is 121 Å². The first-order chi connectivity index (χ1) is 9.86. The van der Waals surface area contributed by atoms with E-state index in [4.69, 9.17) is 4.74 Å². The number of pyridine rings is 1. The number of likely N-dealkylation sites (tertiary alicyclic amines) is 1. The van der Waals surface area contributed by atoms with E-state index in [-0.39, 0.29) is 0 Å². The third-order valence-corrected chi connectivity index (χ3v) is 4.74. The molecule has 2 saturated heterocycles. The van der Waals surface area contributed by atoms with Gasteiger partial charge in [-0.2, -0.15) is 0 Å². The molecule has 1 aromatic heterocycles. The lowest BCUT2D eigenvalue weighted by atomic mass is 9.88. The van der Waals surface area contributed by atoms with Crippen LogP contribution in [0.15, 0.2) is 18.3 Å². The molecule has 1 atom stereocenters. The van der Waals surface area contributed by atoms with Gasteiger partial charge in [-0.05, 0) is 57.3 Å². The molecule has 110 valence electrons. The number of hydrogen-bond donors (Lipinski definition) is 1. The first kappa shape index (κ1) is 13.8. The first-order valence-electron chi connectivity index (χ1n) is 7.80. The van der Waals surface area contributed by atoms with Gasteiger partial charge in [0.1, 0.15) is 0 Å². The molecule has 1 aromatic rings. The summed E-state index contributed by atoms with van der Waals surface area (Å²) in [6.45, 7) is 4.57. The van der Waals surface area contributed by atoms with Crippen LogP contribution in [0.4, 0.5) is 0 Å². The SMILES string of the molecule is COc1ncccc1CN1CCC(C2CCCN2)CC1. The van der Waals surface area contributed by atoms with Crippen molar-refractivity contribution < 1.29 is 4.74 Å². The molecule has 0 aliphatic carbocycles. The highest BCUT2D eigenvalue weighted by molar-refractivity contribution is 5.25. The molecule has 4 heteroatoms. The fraction of sp³-hybridized carbons (Fsp3) is 0.688. The molecule has 4 nitrogen and oxygen atoms in total. The van der Waals surface area contributed by atoms with Crippen molar-refractivity contribution >= 4 is 0 Å². The van der Waals surface area contributed by atoms with Crippen molar-refractivity contribution in [3.63, 3.8) is 0 Å². The van der Waals surface area contributed by atoms with Crippen LogP contribution in [0.2, 0.25) is 0 Å². The second-order valence-electron chi connectivity index (χ2n) is 5.99. The zero-order valence-electron chi connectivity index (χ0n) is 12.3. The maximum Gasteiger partial charge on any atom is 0.217 e. The minimum Gasteiger partial charge on any atom is -0.481 e. The molecule has 0 aromatic carbocycles. The second-order valence-corrected chi connectivity index (χ2v) is 5.99. The highest BCUT2D eigenvalue weighted by Crippen LogP contribution is 2.27. The van der Waals surface area contributed by atoms with Gasteiger partial charge in [-0.25, -0.2) is 4.98 Å². The highest BCUT2D eigenvalue weighted by atomic mass is 16.5. The van der Waals surface area contributed by atoms with Gasteiger partial charge >= 0.3 is 0 Å². The van der Waals surface area contributed by atoms with Gasteiger partial charge in [0.2, 0.25) is 5.88 Å². The van der Waals surface area contributed by atoms with Gasteiger partial charge in [-0.3, -0.25) is 4.90 Å². The maximum absolute atomic E-state index is 5.34. The molecular formula is C16H25N3O. The van der Waals surface area contributed by atoms with E-state index < -0.39 is 0 Å². The minimum atomic E-state index is 0.770. The molecule has 3 rings (SSSR count). The average molecular weight is 275 g/mol. The van der Waals surface area contributed by atoms with Crippen molar-refractivity contribution in [2.24, 2.45) is 5.92 Å². The van der Waals surface area contributed by atoms with Gasteiger partial charge in [0.25, 0.3) is 0 Å². The Kier molecular flexibility index (Phi) is 4.53. The third-order valence-electron chi connectivity index (χ3n) is 4.74. The number of hydrogen-bond acceptors (Lipinski definition) is 4. The number of nitrogens with one attached hydrogen (secondary N) is 1. The van der Waals surface area contributed by atoms with Crippen LogP contribution in [-0.4, -0.2) is 42.7 Å². The lowest BCUT2D eigenvalue weighted by molar-refractivity contribution is 0.156. The molecule has 0 amide bonds. The van der Waals surface area contributed by atoms with Crippen LogP contribution in [0.3, 0.4) is 0 Å². The van der Waals surface area contributed by atoms with E-state index >= 15 is 0 Å². The summed E-state index contributed by atoms with van der Waals surface area (Å²) < 4.78 is 5.34. The predicted octanol–water partition coefficient (Wildman–Crippen LogP) is 2.05. The summed E-state index contributed by atoms with van der Waals surface area (Å²) in [6.07, 6.45) is 7.17. The lowest BCUT2D eigenvalue weighted by Gasteiger charge is -2.35. The summed E-state index contributed by atoms with van der Waals surface area (Å²) in [5, 5.41) is 3.66. The Morgan fingerprint density at radius 3 is 2.90 bits per heavy atom. The number of rotatable bonds is 4. The van der Waals surface area contributed by atoms with Crippen LogP contribution in [-0.2, 0) is 6.54 Å². The lowest BCUT2D eigenvalue weighted by Crippen LogP contribution is -2.40. The molecule has 0 radical (unpaired) electrons. The summed E-state index contributed by atoms with van der Waals surface area (Å²) >= 11 is 0. The summed E-state index contributed by atoms with van der Waals surface area (Å²) in [4.78, 5) is 6.81. The van der Waals surface area contributed by atoms with Gasteiger partial charge in [0, 0.05) is 24.3 Å². The van der Waals surface area contributed by atoms with Crippen LogP contribution >= 0.6 is 0 Å². The summed E-state index contributed by atoms with van der Waals surface area (Å²) in [5.74, 6) is 1.65. The second kappa shape index (κ2) is 6.55. The summed E-state index contributed by atoms with van der Waals surface area (Å²) in [7, 11) is 1.70. The standard InChI is InChI=1S/C16H25N3O/c1-20-16-14(4-2-9-18-16)12-19-10-6-13(7-11-19)15-5-3-8-17-15/h2,4,9,13,15,17H,3,5-8,10-12H2,1H3.